The average Bonchev–Trinajstić information content (AvgIpc) is 2.67. The van der Waals surface area contributed by atoms with Crippen molar-refractivity contribution < 1.29 is 4.79 Å². The molecule has 1 heterocycles. The van der Waals surface area contributed by atoms with Gasteiger partial charge in [-0.25, -0.2) is 4.79 Å². The molecule has 0 aliphatic heterocycles. The molecule has 0 bridgehead atoms. The van der Waals surface area contributed by atoms with Crippen LogP contribution in [0.1, 0.15) is 15.9 Å². The fourth-order valence-electron chi connectivity index (χ4n) is 3.49. The van der Waals surface area contributed by atoms with E-state index in [9.17, 15) is 9.59 Å². The van der Waals surface area contributed by atoms with Crippen molar-refractivity contribution in [1.29, 1.82) is 0 Å². The van der Waals surface area contributed by atoms with Gasteiger partial charge in [-0.2, -0.15) is 4.98 Å². The molecule has 1 aliphatic carbocycles. The standard InChI is InChI=1S/C21H13N3O2/c25-20-14-9-5-4-8-13(14)19-17-15(23-21(26)24-19)10-11-16(18(17)20)22-12-6-2-1-3-7-12/h1-11,22H,(H,23,24,26). The summed E-state index contributed by atoms with van der Waals surface area (Å²) < 4.78 is 0. The Morgan fingerprint density at radius 3 is 2.35 bits per heavy atom. The summed E-state index contributed by atoms with van der Waals surface area (Å²) in [6.45, 7) is 0. The first-order valence-corrected chi connectivity index (χ1v) is 8.25. The first kappa shape index (κ1) is 14.6. The molecule has 26 heavy (non-hydrogen) atoms. The highest BCUT2D eigenvalue weighted by Crippen LogP contribution is 2.40. The smallest absolute Gasteiger partial charge is 0.345 e. The lowest BCUT2D eigenvalue weighted by atomic mass is 9.86. The Morgan fingerprint density at radius 2 is 1.54 bits per heavy atom. The number of carbonyl (C=O) groups is 1. The van der Waals surface area contributed by atoms with E-state index in [2.05, 4.69) is 15.3 Å². The predicted octanol–water partition coefficient (Wildman–Crippen LogP) is 3.88. The summed E-state index contributed by atoms with van der Waals surface area (Å²) in [5.74, 6) is -0.0778. The van der Waals surface area contributed by atoms with Crippen LogP contribution in [0.2, 0.25) is 0 Å². The molecule has 0 amide bonds. The van der Waals surface area contributed by atoms with Gasteiger partial charge in [0.1, 0.15) is 0 Å². The minimum atomic E-state index is -0.425. The zero-order valence-electron chi connectivity index (χ0n) is 13.6. The molecule has 0 fully saturated rings. The third-order valence-electron chi connectivity index (χ3n) is 4.60. The van der Waals surface area contributed by atoms with Crippen molar-refractivity contribution in [1.82, 2.24) is 9.97 Å². The fraction of sp³-hybridized carbons (Fsp3) is 0. The molecular weight excluding hydrogens is 326 g/mol. The summed E-state index contributed by atoms with van der Waals surface area (Å²) in [5, 5.41) is 3.99. The van der Waals surface area contributed by atoms with Gasteiger partial charge >= 0.3 is 5.69 Å². The molecule has 3 aromatic carbocycles. The summed E-state index contributed by atoms with van der Waals surface area (Å²) in [5.41, 5.74) is 4.09. The van der Waals surface area contributed by atoms with E-state index < -0.39 is 5.69 Å². The van der Waals surface area contributed by atoms with Crippen molar-refractivity contribution in [2.45, 2.75) is 0 Å². The molecule has 2 N–H and O–H groups in total. The maximum absolute atomic E-state index is 13.2. The van der Waals surface area contributed by atoms with Crippen molar-refractivity contribution >= 4 is 28.1 Å². The Hall–Kier alpha value is -3.73. The number of benzene rings is 3. The summed E-state index contributed by atoms with van der Waals surface area (Å²) in [4.78, 5) is 32.1. The first-order valence-electron chi connectivity index (χ1n) is 8.25. The number of hydrogen-bond donors (Lipinski definition) is 2. The molecule has 0 atom stereocenters. The number of ketones is 1. The molecule has 1 aliphatic rings. The molecule has 4 aromatic rings. The molecule has 5 heteroatoms. The van der Waals surface area contributed by atoms with Crippen LogP contribution in [0.3, 0.4) is 0 Å². The predicted molar refractivity (Wildman–Crippen MR) is 101 cm³/mol. The van der Waals surface area contributed by atoms with Crippen LogP contribution in [-0.2, 0) is 0 Å². The van der Waals surface area contributed by atoms with Crippen LogP contribution in [-0.4, -0.2) is 15.8 Å². The summed E-state index contributed by atoms with van der Waals surface area (Å²) in [7, 11) is 0. The van der Waals surface area contributed by atoms with Crippen LogP contribution in [0, 0.1) is 0 Å². The molecule has 124 valence electrons. The summed E-state index contributed by atoms with van der Waals surface area (Å²) in [6, 6.07) is 20.5. The number of aromatic amines is 1. The number of aromatic nitrogens is 2. The second kappa shape index (κ2) is 5.39. The summed E-state index contributed by atoms with van der Waals surface area (Å²) in [6.07, 6.45) is 0. The van der Waals surface area contributed by atoms with Crippen LogP contribution in [0.4, 0.5) is 11.4 Å². The number of nitrogens with zero attached hydrogens (tertiary/aromatic N) is 1. The lowest BCUT2D eigenvalue weighted by Crippen LogP contribution is -2.19. The van der Waals surface area contributed by atoms with E-state index in [4.69, 9.17) is 0 Å². The van der Waals surface area contributed by atoms with Gasteiger partial charge in [0.25, 0.3) is 0 Å². The van der Waals surface area contributed by atoms with E-state index in [-0.39, 0.29) is 5.78 Å². The van der Waals surface area contributed by atoms with Gasteiger partial charge in [-0.1, -0.05) is 42.5 Å². The van der Waals surface area contributed by atoms with E-state index in [1.54, 1.807) is 12.1 Å². The molecule has 5 rings (SSSR count). The van der Waals surface area contributed by atoms with Crippen LogP contribution in [0.25, 0.3) is 22.2 Å². The van der Waals surface area contributed by atoms with E-state index in [1.807, 2.05) is 54.6 Å². The first-order chi connectivity index (χ1) is 12.7. The average molecular weight is 339 g/mol. The lowest BCUT2D eigenvalue weighted by molar-refractivity contribution is 0.104. The topological polar surface area (TPSA) is 74.8 Å². The Bertz CT molecular complexity index is 1240. The Morgan fingerprint density at radius 1 is 0.808 bits per heavy atom. The van der Waals surface area contributed by atoms with Gasteiger partial charge in [0.15, 0.2) is 5.78 Å². The van der Waals surface area contributed by atoms with Crippen LogP contribution >= 0.6 is 0 Å². The van der Waals surface area contributed by atoms with E-state index in [0.717, 1.165) is 5.69 Å². The Labute approximate surface area is 148 Å². The van der Waals surface area contributed by atoms with Crippen LogP contribution in [0.15, 0.2) is 71.5 Å². The number of rotatable bonds is 2. The second-order valence-corrected chi connectivity index (χ2v) is 6.17. The van der Waals surface area contributed by atoms with Crippen LogP contribution in [0.5, 0.6) is 0 Å². The highest BCUT2D eigenvalue weighted by Gasteiger charge is 2.29. The maximum atomic E-state index is 13.2. The fourth-order valence-corrected chi connectivity index (χ4v) is 3.49. The number of nitrogens with one attached hydrogen (secondary N) is 2. The minimum Gasteiger partial charge on any atom is -0.355 e. The monoisotopic (exact) mass is 339 g/mol. The van der Waals surface area contributed by atoms with Crippen molar-refractivity contribution in [3.63, 3.8) is 0 Å². The number of hydrogen-bond acceptors (Lipinski definition) is 4. The molecule has 0 unspecified atom stereocenters. The summed E-state index contributed by atoms with van der Waals surface area (Å²) >= 11 is 0. The number of carbonyl (C=O) groups excluding carboxylic acids is 1. The van der Waals surface area contributed by atoms with Crippen molar-refractivity contribution in [2.75, 3.05) is 5.32 Å². The van der Waals surface area contributed by atoms with E-state index >= 15 is 0 Å². The minimum absolute atomic E-state index is 0.0778. The van der Waals surface area contributed by atoms with Gasteiger partial charge in [-0.3, -0.25) is 4.79 Å². The molecule has 1 aromatic heterocycles. The quantitative estimate of drug-likeness (QED) is 0.512. The molecular formula is C21H13N3O2. The Balaban J connectivity index is 1.85. The van der Waals surface area contributed by atoms with Gasteiger partial charge in [0.2, 0.25) is 0 Å². The highest BCUT2D eigenvalue weighted by molar-refractivity contribution is 6.27. The zero-order valence-corrected chi connectivity index (χ0v) is 13.6. The van der Waals surface area contributed by atoms with Crippen LogP contribution < -0.4 is 11.0 Å². The number of para-hydroxylation sites is 1. The van der Waals surface area contributed by atoms with Gasteiger partial charge in [-0.15, -0.1) is 0 Å². The van der Waals surface area contributed by atoms with E-state index in [0.29, 0.717) is 39.0 Å². The number of anilines is 2. The molecule has 5 nitrogen and oxygen atoms in total. The van der Waals surface area contributed by atoms with Gasteiger partial charge < -0.3 is 10.3 Å². The highest BCUT2D eigenvalue weighted by atomic mass is 16.1. The van der Waals surface area contributed by atoms with Crippen molar-refractivity contribution in [2.24, 2.45) is 0 Å². The maximum Gasteiger partial charge on any atom is 0.345 e. The third kappa shape index (κ3) is 2.07. The number of fused-ring (bicyclic) bond motifs is 2. The third-order valence-corrected chi connectivity index (χ3v) is 4.60. The molecule has 0 spiro atoms. The Kier molecular flexibility index (Phi) is 3.03. The largest absolute Gasteiger partial charge is 0.355 e. The molecule has 0 saturated carbocycles. The van der Waals surface area contributed by atoms with E-state index in [1.165, 1.54) is 0 Å². The number of H-pyrrole nitrogens is 1. The molecule has 0 saturated heterocycles. The van der Waals surface area contributed by atoms with Crippen molar-refractivity contribution in [3.8, 4) is 11.3 Å². The second-order valence-electron chi connectivity index (χ2n) is 6.17. The van der Waals surface area contributed by atoms with Gasteiger partial charge in [0.05, 0.1) is 22.5 Å². The normalized spacial score (nSPS) is 12.1. The van der Waals surface area contributed by atoms with Gasteiger partial charge in [0, 0.05) is 22.2 Å². The SMILES string of the molecule is O=C1c2ccccc2-c2nc(=O)[nH]c3ccc(Nc4ccccc4)c1c23. The molecule has 0 radical (unpaired) electrons. The lowest BCUT2D eigenvalue weighted by Gasteiger charge is -2.21. The zero-order chi connectivity index (χ0) is 17.7. The van der Waals surface area contributed by atoms with Crippen molar-refractivity contribution in [3.05, 3.63) is 88.3 Å². The van der Waals surface area contributed by atoms with Gasteiger partial charge in [-0.05, 0) is 24.3 Å².